The maximum atomic E-state index is 12.2. The van der Waals surface area contributed by atoms with Crippen LogP contribution in [0.2, 0.25) is 0 Å². The van der Waals surface area contributed by atoms with Gasteiger partial charge in [0.25, 0.3) is 17.7 Å². The van der Waals surface area contributed by atoms with Crippen molar-refractivity contribution in [2.75, 3.05) is 19.7 Å². The molecular weight excluding hydrogens is 428 g/mol. The maximum absolute atomic E-state index is 12.2. The highest BCUT2D eigenvalue weighted by atomic mass is 79.9. The molecule has 0 atom stereocenters. The second-order valence-corrected chi connectivity index (χ2v) is 6.99. The Labute approximate surface area is 169 Å². The van der Waals surface area contributed by atoms with E-state index in [2.05, 4.69) is 21.2 Å². The molecule has 0 bridgehead atoms. The minimum atomic E-state index is -0.590. The van der Waals surface area contributed by atoms with Crippen LogP contribution in [0.3, 0.4) is 0 Å². The van der Waals surface area contributed by atoms with E-state index < -0.39 is 5.97 Å². The van der Waals surface area contributed by atoms with Crippen molar-refractivity contribution in [2.24, 2.45) is 0 Å². The van der Waals surface area contributed by atoms with Gasteiger partial charge in [-0.15, -0.1) is 0 Å². The van der Waals surface area contributed by atoms with Crippen LogP contribution in [0.1, 0.15) is 37.5 Å². The third-order valence-electron chi connectivity index (χ3n) is 4.17. The van der Waals surface area contributed by atoms with Gasteiger partial charge in [0, 0.05) is 16.6 Å². The van der Waals surface area contributed by atoms with Gasteiger partial charge in [0.15, 0.2) is 0 Å². The fourth-order valence-electron chi connectivity index (χ4n) is 2.76. The van der Waals surface area contributed by atoms with E-state index in [1.54, 1.807) is 48.5 Å². The lowest BCUT2D eigenvalue weighted by atomic mass is 10.1. The lowest BCUT2D eigenvalue weighted by Gasteiger charge is -2.13. The van der Waals surface area contributed by atoms with Crippen molar-refractivity contribution in [3.05, 3.63) is 69.7 Å². The largest absolute Gasteiger partial charge is 0.464 e. The van der Waals surface area contributed by atoms with Crippen molar-refractivity contribution in [2.45, 2.75) is 6.42 Å². The molecule has 2 aromatic rings. The van der Waals surface area contributed by atoms with Crippen molar-refractivity contribution in [3.8, 4) is 0 Å². The van der Waals surface area contributed by atoms with E-state index in [-0.39, 0.29) is 37.4 Å². The summed E-state index contributed by atoms with van der Waals surface area (Å²) in [4.78, 5) is 49.3. The highest BCUT2D eigenvalue weighted by Gasteiger charge is 2.34. The fraction of sp³-hybridized carbons (Fsp3) is 0.200. The molecule has 7 nitrogen and oxygen atoms in total. The Bertz CT molecular complexity index is 891. The van der Waals surface area contributed by atoms with Gasteiger partial charge in [-0.05, 0) is 42.8 Å². The first-order chi connectivity index (χ1) is 13.5. The van der Waals surface area contributed by atoms with Gasteiger partial charge in [0.1, 0.15) is 6.54 Å². The van der Waals surface area contributed by atoms with E-state index in [1.807, 2.05) is 0 Å². The molecule has 0 saturated heterocycles. The van der Waals surface area contributed by atoms with Gasteiger partial charge in [0.2, 0.25) is 0 Å². The van der Waals surface area contributed by atoms with Gasteiger partial charge in [-0.3, -0.25) is 24.1 Å². The number of imide groups is 1. The summed E-state index contributed by atoms with van der Waals surface area (Å²) < 4.78 is 5.89. The first kappa shape index (κ1) is 19.8. The standard InChI is InChI=1S/C20H17BrN2O5/c21-14-8-6-13(7-9-14)18(25)22-12-17(24)28-11-3-10-23-19(26)15-4-1-2-5-16(15)20(23)27/h1-2,4-9H,3,10-12H2,(H,22,25). The molecule has 0 aliphatic carbocycles. The van der Waals surface area contributed by atoms with Gasteiger partial charge in [-0.25, -0.2) is 0 Å². The number of halogens is 1. The number of carbonyl (C=O) groups excluding carboxylic acids is 4. The van der Waals surface area contributed by atoms with Crippen LogP contribution in [0.15, 0.2) is 53.0 Å². The normalized spacial score (nSPS) is 12.7. The lowest BCUT2D eigenvalue weighted by Crippen LogP contribution is -2.33. The van der Waals surface area contributed by atoms with Crippen molar-refractivity contribution in [1.29, 1.82) is 0 Å². The van der Waals surface area contributed by atoms with Gasteiger partial charge in [-0.1, -0.05) is 28.1 Å². The van der Waals surface area contributed by atoms with Crippen molar-refractivity contribution in [3.63, 3.8) is 0 Å². The van der Waals surface area contributed by atoms with Crippen molar-refractivity contribution in [1.82, 2.24) is 10.2 Å². The molecule has 0 fully saturated rings. The van der Waals surface area contributed by atoms with Crippen molar-refractivity contribution < 1.29 is 23.9 Å². The fourth-order valence-corrected chi connectivity index (χ4v) is 3.02. The van der Waals surface area contributed by atoms with E-state index >= 15 is 0 Å². The third-order valence-corrected chi connectivity index (χ3v) is 4.70. The Morgan fingerprint density at radius 1 is 0.964 bits per heavy atom. The van der Waals surface area contributed by atoms with Gasteiger partial charge >= 0.3 is 5.97 Å². The summed E-state index contributed by atoms with van der Waals surface area (Å²) >= 11 is 3.28. The summed E-state index contributed by atoms with van der Waals surface area (Å²) in [7, 11) is 0. The van der Waals surface area contributed by atoms with Crippen LogP contribution < -0.4 is 5.32 Å². The zero-order valence-electron chi connectivity index (χ0n) is 14.8. The van der Waals surface area contributed by atoms with Crippen molar-refractivity contribution >= 4 is 39.6 Å². The Balaban J connectivity index is 1.38. The minimum Gasteiger partial charge on any atom is -0.464 e. The molecule has 28 heavy (non-hydrogen) atoms. The molecule has 0 spiro atoms. The summed E-state index contributed by atoms with van der Waals surface area (Å²) in [5.74, 6) is -1.65. The van der Waals surface area contributed by atoms with E-state index in [1.165, 1.54) is 0 Å². The molecule has 8 heteroatoms. The quantitative estimate of drug-likeness (QED) is 0.402. The van der Waals surface area contributed by atoms with Gasteiger partial charge in [0.05, 0.1) is 17.7 Å². The van der Waals surface area contributed by atoms with Gasteiger partial charge in [-0.2, -0.15) is 0 Å². The van der Waals surface area contributed by atoms with Crippen LogP contribution in [0.4, 0.5) is 0 Å². The molecule has 0 aromatic heterocycles. The SMILES string of the molecule is O=C(CNC(=O)c1ccc(Br)cc1)OCCCN1C(=O)c2ccccc2C1=O. The molecule has 1 aliphatic heterocycles. The number of carbonyl (C=O) groups is 4. The Morgan fingerprint density at radius 3 is 2.18 bits per heavy atom. The number of hydrogen-bond acceptors (Lipinski definition) is 5. The number of rotatable bonds is 7. The average molecular weight is 445 g/mol. The van der Waals surface area contributed by atoms with Crippen LogP contribution in [-0.4, -0.2) is 48.3 Å². The Kier molecular flexibility index (Phi) is 6.20. The van der Waals surface area contributed by atoms with E-state index in [4.69, 9.17) is 4.74 Å². The summed E-state index contributed by atoms with van der Waals surface area (Å²) in [6.45, 7) is -0.0623. The number of benzene rings is 2. The monoisotopic (exact) mass is 444 g/mol. The van der Waals surface area contributed by atoms with Crippen LogP contribution in [-0.2, 0) is 9.53 Å². The minimum absolute atomic E-state index is 0.0421. The van der Waals surface area contributed by atoms with Crippen LogP contribution in [0.25, 0.3) is 0 Å². The second-order valence-electron chi connectivity index (χ2n) is 6.07. The summed E-state index contributed by atoms with van der Waals surface area (Å²) in [5, 5.41) is 2.48. The molecule has 2 aromatic carbocycles. The average Bonchev–Trinajstić information content (AvgIpc) is 2.95. The molecule has 1 N–H and O–H groups in total. The van der Waals surface area contributed by atoms with E-state index in [9.17, 15) is 19.2 Å². The number of esters is 1. The van der Waals surface area contributed by atoms with Gasteiger partial charge < -0.3 is 10.1 Å². The molecule has 0 radical (unpaired) electrons. The van der Waals surface area contributed by atoms with E-state index in [0.717, 1.165) is 9.37 Å². The summed E-state index contributed by atoms with van der Waals surface area (Å²) in [6.07, 6.45) is 0.317. The second kappa shape index (κ2) is 8.79. The molecular formula is C20H17BrN2O5. The topological polar surface area (TPSA) is 92.8 Å². The molecule has 0 saturated carbocycles. The lowest BCUT2D eigenvalue weighted by molar-refractivity contribution is -0.142. The number of amides is 3. The predicted molar refractivity (Wildman–Crippen MR) is 104 cm³/mol. The number of hydrogen-bond donors (Lipinski definition) is 1. The molecule has 3 amide bonds. The summed E-state index contributed by atoms with van der Waals surface area (Å²) in [5.41, 5.74) is 1.21. The number of fused-ring (bicyclic) bond motifs is 1. The number of ether oxygens (including phenoxy) is 1. The predicted octanol–water partition coefficient (Wildman–Crippen LogP) is 2.41. The highest BCUT2D eigenvalue weighted by Crippen LogP contribution is 2.22. The zero-order valence-corrected chi connectivity index (χ0v) is 16.4. The Hall–Kier alpha value is -3.00. The van der Waals surface area contributed by atoms with Crippen LogP contribution >= 0.6 is 15.9 Å². The first-order valence-corrected chi connectivity index (χ1v) is 9.41. The van der Waals surface area contributed by atoms with Crippen LogP contribution in [0, 0.1) is 0 Å². The van der Waals surface area contributed by atoms with Crippen LogP contribution in [0.5, 0.6) is 0 Å². The maximum Gasteiger partial charge on any atom is 0.325 e. The third kappa shape index (κ3) is 4.45. The molecule has 1 heterocycles. The number of nitrogens with zero attached hydrogens (tertiary/aromatic N) is 1. The molecule has 144 valence electrons. The summed E-state index contributed by atoms with van der Waals surface area (Å²) in [6, 6.07) is 13.4. The highest BCUT2D eigenvalue weighted by molar-refractivity contribution is 9.10. The molecule has 3 rings (SSSR count). The Morgan fingerprint density at radius 2 is 1.57 bits per heavy atom. The first-order valence-electron chi connectivity index (χ1n) is 8.62. The zero-order chi connectivity index (χ0) is 20.1. The molecule has 1 aliphatic rings. The smallest absolute Gasteiger partial charge is 0.325 e. The van der Waals surface area contributed by atoms with E-state index in [0.29, 0.717) is 23.1 Å². The molecule has 0 unspecified atom stereocenters. The number of nitrogens with one attached hydrogen (secondary N) is 1.